The van der Waals surface area contributed by atoms with Crippen LogP contribution >= 0.6 is 11.3 Å². The first-order valence-corrected chi connectivity index (χ1v) is 7.38. The van der Waals surface area contributed by atoms with Crippen LogP contribution in [0.25, 0.3) is 0 Å². The fraction of sp³-hybridized carbons (Fsp3) is 0.333. The maximum Gasteiger partial charge on any atom is 0.350 e. The second-order valence-electron chi connectivity index (χ2n) is 4.94. The summed E-state index contributed by atoms with van der Waals surface area (Å²) in [6, 6.07) is 8.84. The summed E-state index contributed by atoms with van der Waals surface area (Å²) in [5.74, 6) is -0.317. The lowest BCUT2D eigenvalue weighted by Gasteiger charge is -2.09. The van der Waals surface area contributed by atoms with Crippen molar-refractivity contribution < 1.29 is 9.53 Å². The Morgan fingerprint density at radius 3 is 2.60 bits per heavy atom. The van der Waals surface area contributed by atoms with E-state index in [0.29, 0.717) is 10.9 Å². The first-order valence-electron chi connectivity index (χ1n) is 6.56. The number of anilines is 1. The summed E-state index contributed by atoms with van der Waals surface area (Å²) < 4.78 is 4.75. The number of carbonyl (C=O) groups excluding carboxylic acids is 1. The van der Waals surface area contributed by atoms with Crippen molar-refractivity contribution >= 4 is 22.4 Å². The van der Waals surface area contributed by atoms with Crippen molar-refractivity contribution in [1.29, 1.82) is 0 Å². The molecule has 1 aliphatic carbocycles. The SMILES string of the molecule is COC(=O)c1sc(NC2Cc3ccccc3C2)nc1C. The van der Waals surface area contributed by atoms with E-state index < -0.39 is 0 Å². The van der Waals surface area contributed by atoms with Crippen molar-refractivity contribution in [1.82, 2.24) is 4.98 Å². The Bertz CT molecular complexity index is 626. The lowest BCUT2D eigenvalue weighted by Crippen LogP contribution is -2.19. The highest BCUT2D eigenvalue weighted by Gasteiger charge is 2.23. The van der Waals surface area contributed by atoms with Crippen LogP contribution in [0.2, 0.25) is 0 Å². The first kappa shape index (κ1) is 13.1. The van der Waals surface area contributed by atoms with Crippen molar-refractivity contribution in [2.45, 2.75) is 25.8 Å². The standard InChI is InChI=1S/C15H16N2O2S/c1-9-13(14(18)19-2)20-15(16-9)17-12-7-10-5-3-4-6-11(10)8-12/h3-6,12H,7-8H2,1-2H3,(H,16,17). The summed E-state index contributed by atoms with van der Waals surface area (Å²) in [6.45, 7) is 1.83. The number of benzene rings is 1. The van der Waals surface area contributed by atoms with E-state index in [4.69, 9.17) is 4.74 Å². The number of nitrogens with one attached hydrogen (secondary N) is 1. The number of hydrogen-bond acceptors (Lipinski definition) is 5. The van der Waals surface area contributed by atoms with Gasteiger partial charge in [0.25, 0.3) is 0 Å². The normalized spacial score (nSPS) is 14.1. The van der Waals surface area contributed by atoms with Gasteiger partial charge in [-0.1, -0.05) is 35.6 Å². The van der Waals surface area contributed by atoms with Crippen LogP contribution in [0.1, 0.15) is 26.5 Å². The smallest absolute Gasteiger partial charge is 0.350 e. The highest BCUT2D eigenvalue weighted by molar-refractivity contribution is 7.17. The molecule has 3 rings (SSSR count). The molecule has 0 fully saturated rings. The number of rotatable bonds is 3. The lowest BCUT2D eigenvalue weighted by atomic mass is 10.1. The molecule has 104 valence electrons. The Morgan fingerprint density at radius 1 is 1.35 bits per heavy atom. The summed E-state index contributed by atoms with van der Waals surface area (Å²) in [6.07, 6.45) is 2.00. The minimum absolute atomic E-state index is 0.317. The molecule has 0 unspecified atom stereocenters. The minimum atomic E-state index is -0.317. The lowest BCUT2D eigenvalue weighted by molar-refractivity contribution is 0.0605. The molecule has 0 spiro atoms. The third-order valence-electron chi connectivity index (χ3n) is 3.55. The first-order chi connectivity index (χ1) is 9.67. The second-order valence-corrected chi connectivity index (χ2v) is 5.94. The summed E-state index contributed by atoms with van der Waals surface area (Å²) in [5, 5.41) is 4.22. The van der Waals surface area contributed by atoms with Gasteiger partial charge in [-0.25, -0.2) is 9.78 Å². The Hall–Kier alpha value is -1.88. The van der Waals surface area contributed by atoms with Gasteiger partial charge in [-0.15, -0.1) is 0 Å². The number of aryl methyl sites for hydroxylation is 1. The minimum Gasteiger partial charge on any atom is -0.465 e. The van der Waals surface area contributed by atoms with Crippen molar-refractivity contribution in [2.24, 2.45) is 0 Å². The second kappa shape index (κ2) is 5.25. The Kier molecular flexibility index (Phi) is 3.44. The monoisotopic (exact) mass is 288 g/mol. The zero-order valence-electron chi connectivity index (χ0n) is 11.5. The van der Waals surface area contributed by atoms with E-state index in [9.17, 15) is 4.79 Å². The van der Waals surface area contributed by atoms with E-state index in [1.807, 2.05) is 6.92 Å². The molecule has 1 aromatic carbocycles. The van der Waals surface area contributed by atoms with Crippen molar-refractivity contribution in [3.63, 3.8) is 0 Å². The molecule has 0 aliphatic heterocycles. The molecule has 0 atom stereocenters. The van der Waals surface area contributed by atoms with Gasteiger partial charge in [0.15, 0.2) is 5.13 Å². The predicted octanol–water partition coefficient (Wildman–Crippen LogP) is 2.82. The molecular formula is C15H16N2O2S. The van der Waals surface area contributed by atoms with Gasteiger partial charge in [-0.3, -0.25) is 0 Å². The number of nitrogens with zero attached hydrogens (tertiary/aromatic N) is 1. The van der Waals surface area contributed by atoms with E-state index in [1.165, 1.54) is 29.6 Å². The largest absolute Gasteiger partial charge is 0.465 e. The van der Waals surface area contributed by atoms with Gasteiger partial charge in [-0.2, -0.15) is 0 Å². The number of aromatic nitrogens is 1. The Balaban J connectivity index is 1.73. The number of carbonyl (C=O) groups is 1. The number of thiazole rings is 1. The fourth-order valence-electron chi connectivity index (χ4n) is 2.58. The quantitative estimate of drug-likeness (QED) is 0.882. The highest BCUT2D eigenvalue weighted by atomic mass is 32.1. The van der Waals surface area contributed by atoms with E-state index in [0.717, 1.165) is 23.7 Å². The molecule has 20 heavy (non-hydrogen) atoms. The maximum atomic E-state index is 11.6. The molecule has 0 saturated carbocycles. The number of hydrogen-bond donors (Lipinski definition) is 1. The Labute approximate surface area is 121 Å². The summed E-state index contributed by atoms with van der Waals surface area (Å²) in [7, 11) is 1.39. The van der Waals surface area contributed by atoms with Crippen molar-refractivity contribution in [3.05, 3.63) is 46.0 Å². The molecule has 1 heterocycles. The van der Waals surface area contributed by atoms with Crippen LogP contribution in [-0.4, -0.2) is 24.1 Å². The van der Waals surface area contributed by atoms with Gasteiger partial charge >= 0.3 is 5.97 Å². The van der Waals surface area contributed by atoms with E-state index in [1.54, 1.807) is 0 Å². The van der Waals surface area contributed by atoms with Crippen LogP contribution in [0.4, 0.5) is 5.13 Å². The molecular weight excluding hydrogens is 272 g/mol. The zero-order valence-corrected chi connectivity index (χ0v) is 12.3. The van der Waals surface area contributed by atoms with Gasteiger partial charge in [0.2, 0.25) is 0 Å². The average Bonchev–Trinajstić information content (AvgIpc) is 3.01. The molecule has 4 nitrogen and oxygen atoms in total. The van der Waals surface area contributed by atoms with Gasteiger partial charge in [0.1, 0.15) is 4.88 Å². The molecule has 1 aliphatic rings. The molecule has 0 radical (unpaired) electrons. The summed E-state index contributed by atoms with van der Waals surface area (Å²) in [5.41, 5.74) is 3.51. The summed E-state index contributed by atoms with van der Waals surface area (Å²) >= 11 is 1.36. The van der Waals surface area contributed by atoms with Crippen LogP contribution < -0.4 is 5.32 Å². The molecule has 0 bridgehead atoms. The van der Waals surface area contributed by atoms with E-state index >= 15 is 0 Å². The molecule has 1 N–H and O–H groups in total. The van der Waals surface area contributed by atoms with Crippen LogP contribution in [0, 0.1) is 6.92 Å². The van der Waals surface area contributed by atoms with Crippen molar-refractivity contribution in [3.8, 4) is 0 Å². The van der Waals surface area contributed by atoms with Crippen LogP contribution in [-0.2, 0) is 17.6 Å². The summed E-state index contributed by atoms with van der Waals surface area (Å²) in [4.78, 5) is 16.6. The van der Waals surface area contributed by atoms with Gasteiger partial charge in [0, 0.05) is 6.04 Å². The molecule has 1 aromatic heterocycles. The number of methoxy groups -OCH3 is 1. The Morgan fingerprint density at radius 2 is 2.00 bits per heavy atom. The maximum absolute atomic E-state index is 11.6. The van der Waals surface area contributed by atoms with Gasteiger partial charge < -0.3 is 10.1 Å². The van der Waals surface area contributed by atoms with Gasteiger partial charge in [-0.05, 0) is 30.9 Å². The molecule has 5 heteroatoms. The molecule has 0 amide bonds. The van der Waals surface area contributed by atoms with Crippen LogP contribution in [0.15, 0.2) is 24.3 Å². The fourth-order valence-corrected chi connectivity index (χ4v) is 3.54. The predicted molar refractivity (Wildman–Crippen MR) is 79.5 cm³/mol. The third kappa shape index (κ3) is 2.41. The van der Waals surface area contributed by atoms with Crippen LogP contribution in [0.5, 0.6) is 0 Å². The van der Waals surface area contributed by atoms with Crippen LogP contribution in [0.3, 0.4) is 0 Å². The molecule has 0 saturated heterocycles. The van der Waals surface area contributed by atoms with Crippen molar-refractivity contribution in [2.75, 3.05) is 12.4 Å². The van der Waals surface area contributed by atoms with E-state index in [2.05, 4.69) is 34.6 Å². The van der Waals surface area contributed by atoms with Gasteiger partial charge in [0.05, 0.1) is 12.8 Å². The number of esters is 1. The van der Waals surface area contributed by atoms with E-state index in [-0.39, 0.29) is 5.97 Å². The number of ether oxygens (including phenoxy) is 1. The highest BCUT2D eigenvalue weighted by Crippen LogP contribution is 2.28. The third-order valence-corrected chi connectivity index (χ3v) is 4.61. The molecule has 2 aromatic rings. The topological polar surface area (TPSA) is 51.2 Å². The number of fused-ring (bicyclic) bond motifs is 1. The average molecular weight is 288 g/mol. The zero-order chi connectivity index (χ0) is 14.1.